The van der Waals surface area contributed by atoms with Crippen molar-refractivity contribution in [2.75, 3.05) is 26.4 Å². The fourth-order valence-electron chi connectivity index (χ4n) is 5.82. The van der Waals surface area contributed by atoms with Crippen LogP contribution in [-0.2, 0) is 32.7 Å². The van der Waals surface area contributed by atoms with Crippen LogP contribution >= 0.6 is 7.82 Å². The van der Waals surface area contributed by atoms with Crippen LogP contribution in [0.5, 0.6) is 0 Å². The highest BCUT2D eigenvalue weighted by molar-refractivity contribution is 7.47. The van der Waals surface area contributed by atoms with Crippen molar-refractivity contribution in [3.8, 4) is 0 Å². The Kier molecular flexibility index (Phi) is 38.6. The van der Waals surface area contributed by atoms with Gasteiger partial charge in [0.2, 0.25) is 0 Å². The molecular weight excluding hydrogens is 689 g/mol. The molecule has 10 heteroatoms. The van der Waals surface area contributed by atoms with Crippen molar-refractivity contribution in [3.05, 3.63) is 36.5 Å². The van der Waals surface area contributed by atoms with Gasteiger partial charge in [0, 0.05) is 19.4 Å². The molecule has 0 aromatic rings. The summed E-state index contributed by atoms with van der Waals surface area (Å²) in [7, 11) is -4.37. The van der Waals surface area contributed by atoms with Crippen LogP contribution < -0.4 is 5.73 Å². The Morgan fingerprint density at radius 2 is 0.981 bits per heavy atom. The molecule has 0 saturated carbocycles. The molecule has 0 spiro atoms. The third-order valence-electron chi connectivity index (χ3n) is 9.03. The fourth-order valence-corrected chi connectivity index (χ4v) is 6.58. The first-order chi connectivity index (χ1) is 25.8. The van der Waals surface area contributed by atoms with Gasteiger partial charge < -0.3 is 20.1 Å². The van der Waals surface area contributed by atoms with Gasteiger partial charge in [-0.3, -0.25) is 18.6 Å². The summed E-state index contributed by atoms with van der Waals surface area (Å²) < 4.78 is 32.6. The Bertz CT molecular complexity index is 970. The maximum absolute atomic E-state index is 12.5. The Hall–Kier alpha value is -1.77. The zero-order valence-corrected chi connectivity index (χ0v) is 34.9. The molecule has 0 aromatic heterocycles. The van der Waals surface area contributed by atoms with Gasteiger partial charge >= 0.3 is 19.8 Å². The van der Waals surface area contributed by atoms with Crippen molar-refractivity contribution >= 4 is 19.8 Å². The van der Waals surface area contributed by atoms with E-state index in [1.54, 1.807) is 0 Å². The smallest absolute Gasteiger partial charge is 0.462 e. The molecule has 3 N–H and O–H groups in total. The first kappa shape index (κ1) is 51.2. The molecule has 0 bridgehead atoms. The van der Waals surface area contributed by atoms with Crippen molar-refractivity contribution in [2.45, 2.75) is 200 Å². The SMILES string of the molecule is CCCCCCC/C=C\C/C=C\C/C=C\CCCCCCCCCCCCC(=O)OC(COC(=O)CCCCCCCCC)COP(=O)(O)OCCN. The fraction of sp³-hybridized carbons (Fsp3) is 0.814. The third kappa shape index (κ3) is 39.7. The molecular formula is C43H80NO8P. The molecule has 53 heavy (non-hydrogen) atoms. The topological polar surface area (TPSA) is 134 Å². The van der Waals surface area contributed by atoms with E-state index < -0.39 is 26.5 Å². The molecule has 0 amide bonds. The number of rotatable bonds is 40. The molecule has 0 fully saturated rings. The van der Waals surface area contributed by atoms with Gasteiger partial charge in [0.05, 0.1) is 13.2 Å². The van der Waals surface area contributed by atoms with E-state index in [1.807, 2.05) is 0 Å². The van der Waals surface area contributed by atoms with E-state index in [0.717, 1.165) is 57.8 Å². The lowest BCUT2D eigenvalue weighted by Gasteiger charge is -2.19. The van der Waals surface area contributed by atoms with Crippen LogP contribution in [0.3, 0.4) is 0 Å². The summed E-state index contributed by atoms with van der Waals surface area (Å²) in [6.45, 7) is 3.66. The average Bonchev–Trinajstić information content (AvgIpc) is 3.14. The summed E-state index contributed by atoms with van der Waals surface area (Å²) in [6, 6.07) is 0. The van der Waals surface area contributed by atoms with Crippen molar-refractivity contribution in [1.82, 2.24) is 0 Å². The van der Waals surface area contributed by atoms with Gasteiger partial charge in [0.25, 0.3) is 0 Å². The lowest BCUT2D eigenvalue weighted by atomic mass is 10.0. The number of phosphoric acid groups is 1. The lowest BCUT2D eigenvalue weighted by molar-refractivity contribution is -0.161. The van der Waals surface area contributed by atoms with Crippen molar-refractivity contribution in [3.63, 3.8) is 0 Å². The largest absolute Gasteiger partial charge is 0.472 e. The molecule has 0 aliphatic rings. The molecule has 0 aliphatic heterocycles. The molecule has 0 rings (SSSR count). The molecule has 2 atom stereocenters. The number of esters is 2. The van der Waals surface area contributed by atoms with Gasteiger partial charge in [-0.05, 0) is 51.4 Å². The average molecular weight is 770 g/mol. The highest BCUT2D eigenvalue weighted by Gasteiger charge is 2.26. The van der Waals surface area contributed by atoms with Crippen LogP contribution in [0.1, 0.15) is 194 Å². The Morgan fingerprint density at radius 1 is 0.566 bits per heavy atom. The number of unbranched alkanes of at least 4 members (excludes halogenated alkanes) is 21. The second-order valence-electron chi connectivity index (χ2n) is 14.2. The van der Waals surface area contributed by atoms with E-state index in [-0.39, 0.29) is 38.6 Å². The van der Waals surface area contributed by atoms with Crippen LogP contribution in [0, 0.1) is 0 Å². The number of carbonyl (C=O) groups is 2. The minimum absolute atomic E-state index is 0.0529. The zero-order valence-electron chi connectivity index (χ0n) is 34.0. The molecule has 0 heterocycles. The number of hydrogen-bond acceptors (Lipinski definition) is 8. The minimum atomic E-state index is -4.37. The Balaban J connectivity index is 3.99. The highest BCUT2D eigenvalue weighted by atomic mass is 31.2. The minimum Gasteiger partial charge on any atom is -0.462 e. The molecule has 0 radical (unpaired) electrons. The van der Waals surface area contributed by atoms with Gasteiger partial charge in [0.1, 0.15) is 6.61 Å². The number of allylic oxidation sites excluding steroid dienone is 6. The number of nitrogens with two attached hydrogens (primary N) is 1. The molecule has 0 aliphatic carbocycles. The first-order valence-corrected chi connectivity index (χ1v) is 23.0. The first-order valence-electron chi connectivity index (χ1n) is 21.5. The molecule has 9 nitrogen and oxygen atoms in total. The standard InChI is InChI=1S/C43H80NO8P/c1-3-5-7-9-11-12-13-14-15-16-17-18-19-20-21-22-23-24-25-26-27-28-30-32-34-36-43(46)52-41(40-51-53(47,48)50-38-37-44)39-49-42(45)35-33-31-29-10-8-6-4-2/h13-14,16-17,19-20,41H,3-12,15,18,21-40,44H2,1-2H3,(H,47,48)/b14-13-,17-16-,20-19-. The van der Waals surface area contributed by atoms with Crippen LogP contribution in [0.2, 0.25) is 0 Å². The quantitative estimate of drug-likeness (QED) is 0.0270. The van der Waals surface area contributed by atoms with Gasteiger partial charge in [-0.15, -0.1) is 0 Å². The van der Waals surface area contributed by atoms with E-state index in [1.165, 1.54) is 103 Å². The number of hydrogen-bond donors (Lipinski definition) is 2. The zero-order chi connectivity index (χ0) is 38.9. The number of carbonyl (C=O) groups excluding carboxylic acids is 2. The summed E-state index contributed by atoms with van der Waals surface area (Å²) in [5, 5.41) is 0. The summed E-state index contributed by atoms with van der Waals surface area (Å²) in [5.74, 6) is -0.838. The molecule has 310 valence electrons. The normalized spacial score (nSPS) is 13.7. The van der Waals surface area contributed by atoms with Crippen LogP contribution in [0.4, 0.5) is 0 Å². The van der Waals surface area contributed by atoms with Crippen LogP contribution in [-0.4, -0.2) is 49.3 Å². The van der Waals surface area contributed by atoms with Crippen LogP contribution in [0.15, 0.2) is 36.5 Å². The van der Waals surface area contributed by atoms with E-state index in [0.29, 0.717) is 6.42 Å². The van der Waals surface area contributed by atoms with Gasteiger partial charge in [-0.2, -0.15) is 0 Å². The van der Waals surface area contributed by atoms with Crippen molar-refractivity contribution in [2.24, 2.45) is 5.73 Å². The number of phosphoric ester groups is 1. The predicted molar refractivity (Wildman–Crippen MR) is 220 cm³/mol. The Morgan fingerprint density at radius 3 is 1.45 bits per heavy atom. The van der Waals surface area contributed by atoms with E-state index in [9.17, 15) is 19.0 Å². The summed E-state index contributed by atoms with van der Waals surface area (Å²) >= 11 is 0. The Labute approximate surface area is 324 Å². The highest BCUT2D eigenvalue weighted by Crippen LogP contribution is 2.43. The summed E-state index contributed by atoms with van der Waals surface area (Å²) in [5.41, 5.74) is 5.33. The van der Waals surface area contributed by atoms with Crippen LogP contribution in [0.25, 0.3) is 0 Å². The predicted octanol–water partition coefficient (Wildman–Crippen LogP) is 12.2. The third-order valence-corrected chi connectivity index (χ3v) is 10.0. The maximum Gasteiger partial charge on any atom is 0.472 e. The lowest BCUT2D eigenvalue weighted by Crippen LogP contribution is -2.29. The second kappa shape index (κ2) is 39.9. The van der Waals surface area contributed by atoms with E-state index >= 15 is 0 Å². The van der Waals surface area contributed by atoms with Gasteiger partial charge in [-0.25, -0.2) is 4.57 Å². The second-order valence-corrected chi connectivity index (χ2v) is 15.7. The molecule has 0 saturated heterocycles. The van der Waals surface area contributed by atoms with E-state index in [2.05, 4.69) is 50.3 Å². The summed E-state index contributed by atoms with van der Waals surface area (Å²) in [4.78, 5) is 34.6. The summed E-state index contributed by atoms with van der Waals surface area (Å²) in [6.07, 6.45) is 43.5. The maximum atomic E-state index is 12.5. The van der Waals surface area contributed by atoms with Crippen molar-refractivity contribution in [1.29, 1.82) is 0 Å². The molecule has 2 unspecified atom stereocenters. The van der Waals surface area contributed by atoms with Gasteiger partial charge in [0.15, 0.2) is 6.10 Å². The van der Waals surface area contributed by atoms with E-state index in [4.69, 9.17) is 24.3 Å². The molecule has 0 aromatic carbocycles. The monoisotopic (exact) mass is 770 g/mol. The van der Waals surface area contributed by atoms with Gasteiger partial charge in [-0.1, -0.05) is 166 Å². The van der Waals surface area contributed by atoms with Crippen molar-refractivity contribution < 1.29 is 37.6 Å². The number of ether oxygens (including phenoxy) is 2.